The molecule has 2 aliphatic rings. The number of aromatic hydroxyl groups is 1. The van der Waals surface area contributed by atoms with Gasteiger partial charge in [0.25, 0.3) is 5.91 Å². The predicted octanol–water partition coefficient (Wildman–Crippen LogP) is 1.77. The maximum atomic E-state index is 12.8. The standard InChI is InChI=1S/C16H22N2O2/c1-3-14-13-8-17-7-11(13)9-18(14)16(20)12-5-4-6-15(19)10(12)2/h4-6,11,13-14,17,19H,3,7-9H2,1-2H3. The van der Waals surface area contributed by atoms with Gasteiger partial charge in [0.2, 0.25) is 0 Å². The van der Waals surface area contributed by atoms with E-state index in [2.05, 4.69) is 12.2 Å². The number of hydrogen-bond acceptors (Lipinski definition) is 3. The van der Waals surface area contributed by atoms with Gasteiger partial charge in [-0.05, 0) is 37.3 Å². The number of carbonyl (C=O) groups is 1. The van der Waals surface area contributed by atoms with Crippen molar-refractivity contribution in [1.82, 2.24) is 10.2 Å². The quantitative estimate of drug-likeness (QED) is 0.864. The number of fused-ring (bicyclic) bond motifs is 1. The highest BCUT2D eigenvalue weighted by Crippen LogP contribution is 2.35. The smallest absolute Gasteiger partial charge is 0.254 e. The second kappa shape index (κ2) is 5.09. The lowest BCUT2D eigenvalue weighted by Crippen LogP contribution is -2.39. The van der Waals surface area contributed by atoms with E-state index in [1.54, 1.807) is 12.1 Å². The summed E-state index contributed by atoms with van der Waals surface area (Å²) in [5.74, 6) is 1.44. The van der Waals surface area contributed by atoms with Gasteiger partial charge in [-0.15, -0.1) is 0 Å². The predicted molar refractivity (Wildman–Crippen MR) is 77.8 cm³/mol. The normalized spacial score (nSPS) is 28.7. The summed E-state index contributed by atoms with van der Waals surface area (Å²) < 4.78 is 0. The van der Waals surface area contributed by atoms with Crippen LogP contribution in [0.15, 0.2) is 18.2 Å². The third-order valence-electron chi connectivity index (χ3n) is 4.93. The van der Waals surface area contributed by atoms with Crippen LogP contribution in [0.25, 0.3) is 0 Å². The van der Waals surface area contributed by atoms with Gasteiger partial charge in [-0.2, -0.15) is 0 Å². The van der Waals surface area contributed by atoms with Crippen LogP contribution in [-0.2, 0) is 0 Å². The van der Waals surface area contributed by atoms with E-state index in [9.17, 15) is 9.90 Å². The molecular weight excluding hydrogens is 252 g/mol. The van der Waals surface area contributed by atoms with Gasteiger partial charge < -0.3 is 15.3 Å². The first kappa shape index (κ1) is 13.4. The number of nitrogens with zero attached hydrogens (tertiary/aromatic N) is 1. The summed E-state index contributed by atoms with van der Waals surface area (Å²) in [7, 11) is 0. The Labute approximate surface area is 119 Å². The van der Waals surface area contributed by atoms with Gasteiger partial charge in [-0.25, -0.2) is 0 Å². The summed E-state index contributed by atoms with van der Waals surface area (Å²) in [6.45, 7) is 6.84. The Kier molecular flexibility index (Phi) is 3.42. The maximum absolute atomic E-state index is 12.8. The second-order valence-electron chi connectivity index (χ2n) is 5.96. The van der Waals surface area contributed by atoms with Gasteiger partial charge in [0, 0.05) is 36.8 Å². The molecule has 1 aromatic carbocycles. The zero-order valence-corrected chi connectivity index (χ0v) is 12.1. The fraction of sp³-hybridized carbons (Fsp3) is 0.562. The van der Waals surface area contributed by atoms with Crippen LogP contribution < -0.4 is 5.32 Å². The fourth-order valence-corrected chi connectivity index (χ4v) is 3.79. The topological polar surface area (TPSA) is 52.6 Å². The van der Waals surface area contributed by atoms with E-state index >= 15 is 0 Å². The summed E-state index contributed by atoms with van der Waals surface area (Å²) in [5.41, 5.74) is 1.32. The van der Waals surface area contributed by atoms with E-state index in [1.165, 1.54) is 0 Å². The van der Waals surface area contributed by atoms with Crippen LogP contribution in [0.5, 0.6) is 5.75 Å². The fourth-order valence-electron chi connectivity index (χ4n) is 3.79. The third-order valence-corrected chi connectivity index (χ3v) is 4.93. The van der Waals surface area contributed by atoms with Gasteiger partial charge in [0.15, 0.2) is 0 Å². The number of nitrogens with one attached hydrogen (secondary N) is 1. The van der Waals surface area contributed by atoms with Crippen molar-refractivity contribution in [2.75, 3.05) is 19.6 Å². The molecule has 108 valence electrons. The van der Waals surface area contributed by atoms with Gasteiger partial charge in [-0.3, -0.25) is 4.79 Å². The van der Waals surface area contributed by atoms with E-state index in [4.69, 9.17) is 0 Å². The van der Waals surface area contributed by atoms with Crippen molar-refractivity contribution in [1.29, 1.82) is 0 Å². The highest BCUT2D eigenvalue weighted by molar-refractivity contribution is 5.96. The van der Waals surface area contributed by atoms with Crippen molar-refractivity contribution < 1.29 is 9.90 Å². The second-order valence-corrected chi connectivity index (χ2v) is 5.96. The minimum Gasteiger partial charge on any atom is -0.508 e. The van der Waals surface area contributed by atoms with Crippen molar-refractivity contribution in [2.24, 2.45) is 11.8 Å². The molecule has 0 bridgehead atoms. The molecule has 0 spiro atoms. The first-order valence-electron chi connectivity index (χ1n) is 7.43. The van der Waals surface area contributed by atoms with Crippen LogP contribution in [0.1, 0.15) is 29.3 Å². The number of phenols is 1. The third kappa shape index (κ3) is 1.99. The molecule has 3 unspecified atom stereocenters. The molecular formula is C16H22N2O2. The van der Waals surface area contributed by atoms with Gasteiger partial charge in [0.1, 0.15) is 5.75 Å². The zero-order valence-electron chi connectivity index (χ0n) is 12.1. The van der Waals surface area contributed by atoms with Crippen molar-refractivity contribution >= 4 is 5.91 Å². The molecule has 1 amide bonds. The molecule has 2 N–H and O–H groups in total. The Balaban J connectivity index is 1.89. The van der Waals surface area contributed by atoms with Crippen LogP contribution >= 0.6 is 0 Å². The number of carbonyl (C=O) groups excluding carboxylic acids is 1. The lowest BCUT2D eigenvalue weighted by Gasteiger charge is -2.27. The molecule has 2 heterocycles. The molecule has 0 aromatic heterocycles. The summed E-state index contributed by atoms with van der Waals surface area (Å²) in [5, 5.41) is 13.2. The lowest BCUT2D eigenvalue weighted by molar-refractivity contribution is 0.0710. The molecule has 3 rings (SSSR count). The highest BCUT2D eigenvalue weighted by Gasteiger charge is 2.45. The molecule has 0 saturated carbocycles. The Morgan fingerprint density at radius 2 is 2.25 bits per heavy atom. The number of amides is 1. The number of benzene rings is 1. The minimum atomic E-state index is 0.0691. The van der Waals surface area contributed by atoms with Crippen LogP contribution in [-0.4, -0.2) is 41.6 Å². The van der Waals surface area contributed by atoms with E-state index in [-0.39, 0.29) is 11.7 Å². The SMILES string of the molecule is CCC1C2CNCC2CN1C(=O)c1cccc(O)c1C. The average molecular weight is 274 g/mol. The van der Waals surface area contributed by atoms with Crippen molar-refractivity contribution in [3.05, 3.63) is 29.3 Å². The molecule has 4 heteroatoms. The first-order chi connectivity index (χ1) is 9.63. The summed E-state index contributed by atoms with van der Waals surface area (Å²) in [4.78, 5) is 14.8. The Morgan fingerprint density at radius 3 is 3.00 bits per heavy atom. The molecule has 1 aromatic rings. The number of hydrogen-bond donors (Lipinski definition) is 2. The average Bonchev–Trinajstić information content (AvgIpc) is 3.01. The van der Waals surface area contributed by atoms with Crippen molar-refractivity contribution in [2.45, 2.75) is 26.3 Å². The molecule has 3 atom stereocenters. The van der Waals surface area contributed by atoms with Crippen LogP contribution in [0.2, 0.25) is 0 Å². The van der Waals surface area contributed by atoms with E-state index in [0.717, 1.165) is 26.1 Å². The summed E-state index contributed by atoms with van der Waals surface area (Å²) in [6.07, 6.45) is 0.993. The molecule has 0 aliphatic carbocycles. The molecule has 2 fully saturated rings. The van der Waals surface area contributed by atoms with Crippen molar-refractivity contribution in [3.8, 4) is 5.75 Å². The zero-order chi connectivity index (χ0) is 14.3. The number of phenolic OH excluding ortho intramolecular Hbond substituents is 1. The Hall–Kier alpha value is -1.55. The van der Waals surface area contributed by atoms with Gasteiger partial charge in [-0.1, -0.05) is 13.0 Å². The van der Waals surface area contributed by atoms with E-state index < -0.39 is 0 Å². The minimum absolute atomic E-state index is 0.0691. The molecule has 20 heavy (non-hydrogen) atoms. The highest BCUT2D eigenvalue weighted by atomic mass is 16.3. The van der Waals surface area contributed by atoms with E-state index in [0.29, 0.717) is 29.0 Å². The first-order valence-corrected chi connectivity index (χ1v) is 7.43. The summed E-state index contributed by atoms with van der Waals surface area (Å²) in [6, 6.07) is 5.52. The van der Waals surface area contributed by atoms with E-state index in [1.807, 2.05) is 17.9 Å². The lowest BCUT2D eigenvalue weighted by atomic mass is 9.92. The number of rotatable bonds is 2. The van der Waals surface area contributed by atoms with Crippen LogP contribution in [0.3, 0.4) is 0 Å². The largest absolute Gasteiger partial charge is 0.508 e. The van der Waals surface area contributed by atoms with Crippen LogP contribution in [0.4, 0.5) is 0 Å². The molecule has 2 saturated heterocycles. The molecule has 4 nitrogen and oxygen atoms in total. The monoisotopic (exact) mass is 274 g/mol. The van der Waals surface area contributed by atoms with Crippen LogP contribution in [0, 0.1) is 18.8 Å². The Bertz CT molecular complexity index is 529. The summed E-state index contributed by atoms with van der Waals surface area (Å²) >= 11 is 0. The van der Waals surface area contributed by atoms with Crippen molar-refractivity contribution in [3.63, 3.8) is 0 Å². The maximum Gasteiger partial charge on any atom is 0.254 e. The van der Waals surface area contributed by atoms with Gasteiger partial charge in [0.05, 0.1) is 0 Å². The number of likely N-dealkylation sites (tertiary alicyclic amines) is 1. The van der Waals surface area contributed by atoms with Gasteiger partial charge >= 0.3 is 0 Å². The molecule has 0 radical (unpaired) electrons. The Morgan fingerprint density at radius 1 is 1.45 bits per heavy atom. The molecule has 2 aliphatic heterocycles.